The zero-order valence-electron chi connectivity index (χ0n) is 29.4. The van der Waals surface area contributed by atoms with Gasteiger partial charge in [-0.05, 0) is 32.3 Å². The molecule has 0 spiro atoms. The SMILES string of the molecule is CC[C@@](C)(OC(=O)CC(C)(C)COC(C)=O)C(=O)[C@H](Cc1ccccc1)NC(=O)[C@H](COC)NC(=O)[C@H](COC)NC(=O)c1cnc(C)s1. The highest BCUT2D eigenvalue weighted by Crippen LogP contribution is 2.26. The fourth-order valence-electron chi connectivity index (χ4n) is 4.69. The van der Waals surface area contributed by atoms with Crippen molar-refractivity contribution in [2.24, 2.45) is 5.41 Å². The second-order valence-electron chi connectivity index (χ2n) is 12.5. The largest absolute Gasteiger partial charge is 0.465 e. The van der Waals surface area contributed by atoms with Crippen LogP contribution < -0.4 is 16.0 Å². The molecule has 3 amide bonds. The van der Waals surface area contributed by atoms with Gasteiger partial charge in [0.25, 0.3) is 5.91 Å². The Morgan fingerprint density at radius 1 is 0.878 bits per heavy atom. The molecule has 0 bridgehead atoms. The van der Waals surface area contributed by atoms with Crippen molar-refractivity contribution in [2.75, 3.05) is 34.0 Å². The molecular formula is C34H48N4O10S. The van der Waals surface area contributed by atoms with Crippen LogP contribution in [0.4, 0.5) is 0 Å². The molecule has 14 nitrogen and oxygen atoms in total. The van der Waals surface area contributed by atoms with Crippen molar-refractivity contribution in [3.05, 3.63) is 52.0 Å². The van der Waals surface area contributed by atoms with E-state index in [1.807, 2.05) is 6.07 Å². The number of hydrogen-bond acceptors (Lipinski definition) is 12. The fraction of sp³-hybridized carbons (Fsp3) is 0.559. The van der Waals surface area contributed by atoms with Crippen LogP contribution in [0.2, 0.25) is 0 Å². The summed E-state index contributed by atoms with van der Waals surface area (Å²) in [5.41, 5.74) is -1.67. The number of ketones is 1. The highest BCUT2D eigenvalue weighted by atomic mass is 32.1. The molecule has 0 aliphatic rings. The van der Waals surface area contributed by atoms with Crippen molar-refractivity contribution in [3.8, 4) is 0 Å². The van der Waals surface area contributed by atoms with Gasteiger partial charge in [0.1, 0.15) is 17.0 Å². The van der Waals surface area contributed by atoms with Crippen LogP contribution in [0.1, 0.15) is 67.7 Å². The van der Waals surface area contributed by atoms with E-state index in [2.05, 4.69) is 20.9 Å². The van der Waals surface area contributed by atoms with Gasteiger partial charge >= 0.3 is 11.9 Å². The Morgan fingerprint density at radius 2 is 1.45 bits per heavy atom. The topological polar surface area (TPSA) is 188 Å². The van der Waals surface area contributed by atoms with E-state index in [1.54, 1.807) is 52.0 Å². The van der Waals surface area contributed by atoms with E-state index < -0.39 is 64.6 Å². The number of aromatic nitrogens is 1. The molecule has 0 unspecified atom stereocenters. The minimum absolute atomic E-state index is 0.0205. The molecule has 49 heavy (non-hydrogen) atoms. The first-order valence-corrected chi connectivity index (χ1v) is 16.6. The van der Waals surface area contributed by atoms with Crippen molar-refractivity contribution in [3.63, 3.8) is 0 Å². The summed E-state index contributed by atoms with van der Waals surface area (Å²) < 4.78 is 21.2. The molecule has 3 N–H and O–H groups in total. The molecule has 4 atom stereocenters. The second kappa shape index (κ2) is 19.1. The zero-order valence-corrected chi connectivity index (χ0v) is 30.2. The van der Waals surface area contributed by atoms with Crippen LogP contribution in [0.25, 0.3) is 0 Å². The van der Waals surface area contributed by atoms with E-state index in [1.165, 1.54) is 34.3 Å². The maximum Gasteiger partial charge on any atom is 0.307 e. The van der Waals surface area contributed by atoms with Gasteiger partial charge < -0.3 is 34.9 Å². The summed E-state index contributed by atoms with van der Waals surface area (Å²) >= 11 is 1.16. The van der Waals surface area contributed by atoms with E-state index in [0.29, 0.717) is 9.88 Å². The number of hydrogen-bond donors (Lipinski definition) is 3. The first-order valence-electron chi connectivity index (χ1n) is 15.8. The average molecular weight is 705 g/mol. The number of amides is 3. The standard InChI is InChI=1S/C34H48N4O10S/c1-9-34(6,48-28(40)16-33(4,5)20-47-22(3)39)29(41)24(15-23-13-11-10-12-14-23)36-30(42)25(18-45-7)37-31(43)26(19-46-8)38-32(44)27-17-35-21(2)49-27/h10-14,17,24-26H,9,15-16,18-20H2,1-8H3,(H,36,42)(H,37,43)(H,38,44)/t24-,25-,26-,34+/m0/s1. The predicted molar refractivity (Wildman–Crippen MR) is 181 cm³/mol. The minimum atomic E-state index is -1.63. The molecule has 1 aromatic heterocycles. The quantitative estimate of drug-likeness (QED) is 0.172. The average Bonchev–Trinajstić information content (AvgIpc) is 3.49. The Labute approximate surface area is 291 Å². The van der Waals surface area contributed by atoms with Crippen LogP contribution in [0.5, 0.6) is 0 Å². The first kappa shape index (κ1) is 41.0. The van der Waals surface area contributed by atoms with Gasteiger partial charge in [-0.3, -0.25) is 28.8 Å². The Kier molecular flexibility index (Phi) is 16.0. The smallest absolute Gasteiger partial charge is 0.307 e. The number of methoxy groups -OCH3 is 2. The molecule has 270 valence electrons. The van der Waals surface area contributed by atoms with Gasteiger partial charge in [-0.1, -0.05) is 51.1 Å². The lowest BCUT2D eigenvalue weighted by Gasteiger charge is -2.33. The highest BCUT2D eigenvalue weighted by Gasteiger charge is 2.42. The van der Waals surface area contributed by atoms with Crippen molar-refractivity contribution in [1.29, 1.82) is 0 Å². The Hall–Kier alpha value is -4.21. The summed E-state index contributed by atoms with van der Waals surface area (Å²) in [6, 6.07) is 5.34. The van der Waals surface area contributed by atoms with E-state index >= 15 is 0 Å². The van der Waals surface area contributed by atoms with Gasteiger partial charge in [-0.15, -0.1) is 11.3 Å². The predicted octanol–water partition coefficient (Wildman–Crippen LogP) is 2.32. The molecule has 0 aliphatic heterocycles. The van der Waals surface area contributed by atoms with Crippen LogP contribution in [-0.2, 0) is 49.3 Å². The molecule has 0 fully saturated rings. The number of Topliss-reactive ketones (excluding diaryl/α,β-unsaturated/α-hetero) is 1. The van der Waals surface area contributed by atoms with Crippen molar-refractivity contribution >= 4 is 46.8 Å². The number of nitrogens with one attached hydrogen (secondary N) is 3. The number of carbonyl (C=O) groups excluding carboxylic acids is 6. The molecule has 15 heteroatoms. The highest BCUT2D eigenvalue weighted by molar-refractivity contribution is 7.13. The van der Waals surface area contributed by atoms with Gasteiger partial charge in [0.05, 0.1) is 43.5 Å². The third-order valence-corrected chi connectivity index (χ3v) is 8.42. The van der Waals surface area contributed by atoms with Crippen LogP contribution in [0.3, 0.4) is 0 Å². The molecule has 0 aliphatic carbocycles. The Bertz CT molecular complexity index is 1450. The first-order chi connectivity index (χ1) is 23.0. The summed E-state index contributed by atoms with van der Waals surface area (Å²) in [5, 5.41) is 8.59. The summed E-state index contributed by atoms with van der Waals surface area (Å²) in [4.78, 5) is 82.7. The summed E-state index contributed by atoms with van der Waals surface area (Å²) in [6.07, 6.45) is 1.41. The number of ether oxygens (including phenoxy) is 4. The summed E-state index contributed by atoms with van der Waals surface area (Å²) in [6.45, 7) is 9.16. The number of aryl methyl sites for hydroxylation is 1. The molecule has 0 radical (unpaired) electrons. The van der Waals surface area contributed by atoms with E-state index in [0.717, 1.165) is 16.9 Å². The van der Waals surface area contributed by atoms with Crippen molar-refractivity contribution in [2.45, 2.75) is 84.5 Å². The lowest BCUT2D eigenvalue weighted by Crippen LogP contribution is -2.60. The number of rotatable bonds is 20. The number of carbonyl (C=O) groups is 6. The van der Waals surface area contributed by atoms with Gasteiger partial charge in [0.15, 0.2) is 11.4 Å². The lowest BCUT2D eigenvalue weighted by molar-refractivity contribution is -0.170. The lowest BCUT2D eigenvalue weighted by atomic mass is 9.87. The van der Waals surface area contributed by atoms with Crippen LogP contribution in [0.15, 0.2) is 36.5 Å². The second-order valence-corrected chi connectivity index (χ2v) is 13.8. The van der Waals surface area contributed by atoms with Crippen molar-refractivity contribution in [1.82, 2.24) is 20.9 Å². The summed E-state index contributed by atoms with van der Waals surface area (Å²) in [5.74, 6) is -3.72. The third kappa shape index (κ3) is 13.3. The molecular weight excluding hydrogens is 656 g/mol. The van der Waals surface area contributed by atoms with E-state index in [4.69, 9.17) is 18.9 Å². The van der Waals surface area contributed by atoms with Gasteiger partial charge in [-0.25, -0.2) is 4.98 Å². The number of thiazole rings is 1. The van der Waals surface area contributed by atoms with Crippen LogP contribution in [-0.4, -0.2) is 98.2 Å². The number of benzene rings is 1. The van der Waals surface area contributed by atoms with Crippen LogP contribution >= 0.6 is 11.3 Å². The minimum Gasteiger partial charge on any atom is -0.465 e. The van der Waals surface area contributed by atoms with Crippen molar-refractivity contribution < 1.29 is 47.7 Å². The number of nitrogens with zero attached hydrogens (tertiary/aromatic N) is 1. The molecule has 2 rings (SSSR count). The third-order valence-electron chi connectivity index (χ3n) is 7.51. The van der Waals surface area contributed by atoms with Gasteiger partial charge in [0, 0.05) is 26.6 Å². The molecule has 0 saturated heterocycles. The summed E-state index contributed by atoms with van der Waals surface area (Å²) in [7, 11) is 2.71. The molecule has 0 saturated carbocycles. The monoisotopic (exact) mass is 704 g/mol. The van der Waals surface area contributed by atoms with E-state index in [9.17, 15) is 28.8 Å². The van der Waals surface area contributed by atoms with E-state index in [-0.39, 0.29) is 39.1 Å². The van der Waals surface area contributed by atoms with Gasteiger partial charge in [0.2, 0.25) is 11.8 Å². The van der Waals surface area contributed by atoms with Gasteiger partial charge in [-0.2, -0.15) is 0 Å². The molecule has 2 aromatic rings. The van der Waals surface area contributed by atoms with Crippen LogP contribution in [0, 0.1) is 12.3 Å². The maximum absolute atomic E-state index is 14.2. The molecule has 1 aromatic carbocycles. The zero-order chi connectivity index (χ0) is 36.8. The Balaban J connectivity index is 2.29. The Morgan fingerprint density at radius 3 is 1.96 bits per heavy atom. The molecule has 1 heterocycles. The number of esters is 2. The fourth-order valence-corrected chi connectivity index (χ4v) is 5.37. The normalized spacial score (nSPS) is 14.4. The maximum atomic E-state index is 14.2.